The Morgan fingerprint density at radius 3 is 2.93 bits per heavy atom. The predicted molar refractivity (Wildman–Crippen MR) is 62.3 cm³/mol. The van der Waals surface area contributed by atoms with Gasteiger partial charge in [-0.3, -0.25) is 0 Å². The third-order valence-electron chi connectivity index (χ3n) is 1.75. The number of hydrogen-bond acceptors (Lipinski definition) is 1. The lowest BCUT2D eigenvalue weighted by Crippen LogP contribution is -2.01. The minimum absolute atomic E-state index is 0.273. The van der Waals surface area contributed by atoms with Crippen LogP contribution in [-0.4, -0.2) is 6.54 Å². The molecule has 0 atom stereocenters. The second kappa shape index (κ2) is 5.37. The minimum Gasteiger partial charge on any atom is -0.379 e. The number of anilines is 1. The zero-order chi connectivity index (χ0) is 10.6. The van der Waals surface area contributed by atoms with Crippen molar-refractivity contribution in [3.05, 3.63) is 39.6 Å². The molecule has 1 aromatic carbocycles. The maximum atomic E-state index is 13.3. The van der Waals surface area contributed by atoms with Gasteiger partial charge in [-0.25, -0.2) is 4.39 Å². The molecule has 0 radical (unpaired) electrons. The monoisotopic (exact) mass is 277 g/mol. The Labute approximate surface area is 96.1 Å². The molecule has 0 heterocycles. The van der Waals surface area contributed by atoms with Gasteiger partial charge in [-0.15, -0.1) is 0 Å². The number of nitrogens with one attached hydrogen (secondary N) is 1. The SMILES string of the molecule is Cc1cc(NC/C=C/Cl)c(F)cc1Br. The van der Waals surface area contributed by atoms with Crippen LogP contribution in [-0.2, 0) is 0 Å². The quantitative estimate of drug-likeness (QED) is 0.879. The Kier molecular flexibility index (Phi) is 4.42. The lowest BCUT2D eigenvalue weighted by molar-refractivity contribution is 0.629. The molecule has 1 N–H and O–H groups in total. The van der Waals surface area contributed by atoms with Crippen LogP contribution in [0.1, 0.15) is 5.56 Å². The summed E-state index contributed by atoms with van der Waals surface area (Å²) in [7, 11) is 0. The number of rotatable bonds is 3. The number of halogens is 3. The van der Waals surface area contributed by atoms with Crippen LogP contribution in [0.2, 0.25) is 0 Å². The second-order valence-electron chi connectivity index (χ2n) is 2.82. The molecule has 76 valence electrons. The molecule has 0 bridgehead atoms. The van der Waals surface area contributed by atoms with Gasteiger partial charge in [0.1, 0.15) is 5.82 Å². The van der Waals surface area contributed by atoms with Gasteiger partial charge in [-0.2, -0.15) is 0 Å². The molecule has 0 unspecified atom stereocenters. The molecule has 0 amide bonds. The van der Waals surface area contributed by atoms with Gasteiger partial charge in [0.15, 0.2) is 0 Å². The molecule has 0 saturated carbocycles. The molecule has 0 aliphatic carbocycles. The lowest BCUT2D eigenvalue weighted by Gasteiger charge is -2.07. The second-order valence-corrected chi connectivity index (χ2v) is 3.93. The first-order valence-electron chi connectivity index (χ1n) is 4.10. The molecule has 0 fully saturated rings. The van der Waals surface area contributed by atoms with E-state index in [0.717, 1.165) is 10.0 Å². The molecule has 0 aliphatic heterocycles. The normalized spacial score (nSPS) is 10.9. The zero-order valence-electron chi connectivity index (χ0n) is 7.65. The Hall–Kier alpha value is -0.540. The standard InChI is InChI=1S/C10H10BrClFN/c1-7-5-10(14-4-2-3-12)9(13)6-8(7)11/h2-3,5-6,14H,4H2,1H3/b3-2+. The van der Waals surface area contributed by atoms with Gasteiger partial charge in [0.05, 0.1) is 5.69 Å². The molecule has 4 heteroatoms. The molecule has 1 aromatic rings. The lowest BCUT2D eigenvalue weighted by atomic mass is 10.2. The van der Waals surface area contributed by atoms with Crippen LogP contribution in [0.3, 0.4) is 0 Å². The van der Waals surface area contributed by atoms with Crippen molar-refractivity contribution in [2.24, 2.45) is 0 Å². The Morgan fingerprint density at radius 2 is 2.29 bits per heavy atom. The van der Waals surface area contributed by atoms with Crippen molar-refractivity contribution < 1.29 is 4.39 Å². The summed E-state index contributed by atoms with van der Waals surface area (Å²) in [5, 5.41) is 2.91. The van der Waals surface area contributed by atoms with Crippen LogP contribution in [0, 0.1) is 12.7 Å². The predicted octanol–water partition coefficient (Wildman–Crippen LogP) is 4.06. The average molecular weight is 279 g/mol. The van der Waals surface area contributed by atoms with Crippen molar-refractivity contribution in [3.63, 3.8) is 0 Å². The van der Waals surface area contributed by atoms with Gasteiger partial charge in [0, 0.05) is 16.6 Å². The highest BCUT2D eigenvalue weighted by Crippen LogP contribution is 2.23. The fraction of sp³-hybridized carbons (Fsp3) is 0.200. The minimum atomic E-state index is -0.273. The fourth-order valence-corrected chi connectivity index (χ4v) is 1.41. The van der Waals surface area contributed by atoms with E-state index in [0.29, 0.717) is 12.2 Å². The Balaban J connectivity index is 2.81. The summed E-state index contributed by atoms with van der Waals surface area (Å²) in [6, 6.07) is 3.20. The highest BCUT2D eigenvalue weighted by molar-refractivity contribution is 9.10. The summed E-state index contributed by atoms with van der Waals surface area (Å²) in [5.74, 6) is -0.273. The van der Waals surface area contributed by atoms with Crippen molar-refractivity contribution in [1.82, 2.24) is 0 Å². The van der Waals surface area contributed by atoms with Crippen molar-refractivity contribution >= 4 is 33.2 Å². The van der Waals surface area contributed by atoms with Crippen molar-refractivity contribution in [3.8, 4) is 0 Å². The molecule has 14 heavy (non-hydrogen) atoms. The summed E-state index contributed by atoms with van der Waals surface area (Å²) < 4.78 is 14.1. The summed E-state index contributed by atoms with van der Waals surface area (Å²) in [6.45, 7) is 2.42. The van der Waals surface area contributed by atoms with Gasteiger partial charge >= 0.3 is 0 Å². The molecule has 0 saturated heterocycles. The van der Waals surface area contributed by atoms with Crippen molar-refractivity contribution in [2.75, 3.05) is 11.9 Å². The Morgan fingerprint density at radius 1 is 1.57 bits per heavy atom. The van der Waals surface area contributed by atoms with Gasteiger partial charge in [-0.05, 0) is 24.6 Å². The van der Waals surface area contributed by atoms with E-state index in [1.165, 1.54) is 11.6 Å². The van der Waals surface area contributed by atoms with Crippen LogP contribution >= 0.6 is 27.5 Å². The van der Waals surface area contributed by atoms with Gasteiger partial charge in [0.25, 0.3) is 0 Å². The first-order valence-corrected chi connectivity index (χ1v) is 5.33. The van der Waals surface area contributed by atoms with E-state index in [2.05, 4.69) is 21.2 Å². The smallest absolute Gasteiger partial charge is 0.147 e. The van der Waals surface area contributed by atoms with E-state index in [-0.39, 0.29) is 5.82 Å². The third kappa shape index (κ3) is 3.00. The highest BCUT2D eigenvalue weighted by atomic mass is 79.9. The maximum Gasteiger partial charge on any atom is 0.147 e. The average Bonchev–Trinajstić information content (AvgIpc) is 2.14. The van der Waals surface area contributed by atoms with Gasteiger partial charge in [0.2, 0.25) is 0 Å². The third-order valence-corrected chi connectivity index (χ3v) is 2.78. The van der Waals surface area contributed by atoms with Crippen molar-refractivity contribution in [1.29, 1.82) is 0 Å². The number of hydrogen-bond donors (Lipinski definition) is 1. The maximum absolute atomic E-state index is 13.3. The molecule has 0 aromatic heterocycles. The van der Waals surface area contributed by atoms with Crippen LogP contribution in [0.25, 0.3) is 0 Å². The van der Waals surface area contributed by atoms with Crippen LogP contribution < -0.4 is 5.32 Å². The summed E-state index contributed by atoms with van der Waals surface area (Å²) >= 11 is 8.60. The summed E-state index contributed by atoms with van der Waals surface area (Å²) in [6.07, 6.45) is 1.71. The Bertz CT molecular complexity index is 352. The number of benzene rings is 1. The summed E-state index contributed by atoms with van der Waals surface area (Å²) in [4.78, 5) is 0. The topological polar surface area (TPSA) is 12.0 Å². The molecule has 0 spiro atoms. The van der Waals surface area contributed by atoms with Crippen LogP contribution in [0.5, 0.6) is 0 Å². The van der Waals surface area contributed by atoms with E-state index in [1.807, 2.05) is 6.92 Å². The highest BCUT2D eigenvalue weighted by Gasteiger charge is 2.04. The summed E-state index contributed by atoms with van der Waals surface area (Å²) in [5.41, 5.74) is 2.88. The molecule has 1 nitrogen and oxygen atoms in total. The first kappa shape index (κ1) is 11.5. The van der Waals surface area contributed by atoms with E-state index >= 15 is 0 Å². The van der Waals surface area contributed by atoms with Crippen LogP contribution in [0.15, 0.2) is 28.2 Å². The van der Waals surface area contributed by atoms with Crippen molar-refractivity contribution in [2.45, 2.75) is 6.92 Å². The van der Waals surface area contributed by atoms with Gasteiger partial charge < -0.3 is 5.32 Å². The van der Waals surface area contributed by atoms with Crippen LogP contribution in [0.4, 0.5) is 10.1 Å². The first-order chi connectivity index (χ1) is 6.65. The largest absolute Gasteiger partial charge is 0.379 e. The molecular formula is C10H10BrClFN. The van der Waals surface area contributed by atoms with E-state index in [9.17, 15) is 4.39 Å². The zero-order valence-corrected chi connectivity index (χ0v) is 9.99. The van der Waals surface area contributed by atoms with E-state index in [4.69, 9.17) is 11.6 Å². The number of aryl methyl sites for hydroxylation is 1. The van der Waals surface area contributed by atoms with E-state index < -0.39 is 0 Å². The van der Waals surface area contributed by atoms with E-state index in [1.54, 1.807) is 12.1 Å². The molecule has 1 rings (SSSR count). The van der Waals surface area contributed by atoms with Gasteiger partial charge in [-0.1, -0.05) is 33.6 Å². The molecule has 0 aliphatic rings. The molecular weight excluding hydrogens is 268 g/mol. The fourth-order valence-electron chi connectivity index (χ4n) is 1.01.